The minimum atomic E-state index is -1.14. The van der Waals surface area contributed by atoms with Gasteiger partial charge >= 0.3 is 5.97 Å². The van der Waals surface area contributed by atoms with Gasteiger partial charge in [-0.2, -0.15) is 0 Å². The Bertz CT molecular complexity index is 673. The normalized spacial score (nSPS) is 10.6. The van der Waals surface area contributed by atoms with Crippen molar-refractivity contribution in [3.05, 3.63) is 53.5 Å². The molecule has 0 aliphatic heterocycles. The topological polar surface area (TPSA) is 88.8 Å². The van der Waals surface area contributed by atoms with Gasteiger partial charge in [-0.1, -0.05) is 13.8 Å². The van der Waals surface area contributed by atoms with Gasteiger partial charge in [-0.25, -0.2) is 4.79 Å². The van der Waals surface area contributed by atoms with Crippen molar-refractivity contribution in [2.75, 3.05) is 6.61 Å². The maximum atomic E-state index is 12.0. The predicted molar refractivity (Wildman–Crippen MR) is 83.6 cm³/mol. The molecule has 0 unspecified atom stereocenters. The monoisotopic (exact) mass is 317 g/mol. The molecule has 6 nitrogen and oxygen atoms in total. The Morgan fingerprint density at radius 2 is 1.87 bits per heavy atom. The van der Waals surface area contributed by atoms with Crippen LogP contribution >= 0.6 is 0 Å². The molecule has 0 radical (unpaired) electrons. The number of carboxylic acid groups (broad SMARTS) is 1. The van der Waals surface area contributed by atoms with Crippen molar-refractivity contribution in [1.29, 1.82) is 0 Å². The molecule has 1 amide bonds. The quantitative estimate of drug-likeness (QED) is 0.819. The smallest absolute Gasteiger partial charge is 0.371 e. The number of rotatable bonds is 7. The SMILES string of the molecule is CC(C)COc1ccc(C(=O)NCc2ccc(C(=O)O)o2)cc1. The lowest BCUT2D eigenvalue weighted by atomic mass is 10.2. The van der Waals surface area contributed by atoms with Gasteiger partial charge in [0.15, 0.2) is 0 Å². The summed E-state index contributed by atoms with van der Waals surface area (Å²) in [7, 11) is 0. The van der Waals surface area contributed by atoms with E-state index in [-0.39, 0.29) is 18.2 Å². The lowest BCUT2D eigenvalue weighted by molar-refractivity contribution is 0.0660. The number of carboxylic acids is 1. The first-order valence-electron chi connectivity index (χ1n) is 7.29. The van der Waals surface area contributed by atoms with Crippen LogP contribution in [0.25, 0.3) is 0 Å². The fourth-order valence-corrected chi connectivity index (χ4v) is 1.82. The van der Waals surface area contributed by atoms with Gasteiger partial charge < -0.3 is 19.6 Å². The van der Waals surface area contributed by atoms with Crippen molar-refractivity contribution in [3.63, 3.8) is 0 Å². The van der Waals surface area contributed by atoms with E-state index in [9.17, 15) is 9.59 Å². The first-order chi connectivity index (χ1) is 11.0. The van der Waals surface area contributed by atoms with Gasteiger partial charge in [-0.3, -0.25) is 4.79 Å². The van der Waals surface area contributed by atoms with E-state index >= 15 is 0 Å². The summed E-state index contributed by atoms with van der Waals surface area (Å²) in [6, 6.07) is 9.71. The third-order valence-corrected chi connectivity index (χ3v) is 3.00. The first-order valence-corrected chi connectivity index (χ1v) is 7.29. The van der Waals surface area contributed by atoms with Crippen LogP contribution < -0.4 is 10.1 Å². The number of furan rings is 1. The second-order valence-electron chi connectivity index (χ2n) is 5.48. The molecule has 0 aliphatic rings. The van der Waals surface area contributed by atoms with Crippen LogP contribution in [0.1, 0.15) is 40.5 Å². The zero-order valence-electron chi connectivity index (χ0n) is 13.0. The Labute approximate surface area is 134 Å². The third-order valence-electron chi connectivity index (χ3n) is 3.00. The summed E-state index contributed by atoms with van der Waals surface area (Å²) in [6.07, 6.45) is 0. The maximum Gasteiger partial charge on any atom is 0.371 e. The highest BCUT2D eigenvalue weighted by Gasteiger charge is 2.11. The van der Waals surface area contributed by atoms with E-state index in [1.165, 1.54) is 12.1 Å². The number of nitrogens with one attached hydrogen (secondary N) is 1. The summed E-state index contributed by atoms with van der Waals surface area (Å²) in [5.41, 5.74) is 0.493. The van der Waals surface area contributed by atoms with Gasteiger partial charge in [0.2, 0.25) is 5.76 Å². The maximum absolute atomic E-state index is 12.0. The molecule has 0 fully saturated rings. The second-order valence-corrected chi connectivity index (χ2v) is 5.48. The van der Waals surface area contributed by atoms with E-state index in [2.05, 4.69) is 19.2 Å². The summed E-state index contributed by atoms with van der Waals surface area (Å²) in [4.78, 5) is 22.7. The number of aromatic carboxylic acids is 1. The molecule has 0 atom stereocenters. The number of hydrogen-bond acceptors (Lipinski definition) is 4. The van der Waals surface area contributed by atoms with Crippen molar-refractivity contribution in [2.24, 2.45) is 5.92 Å². The molecule has 2 rings (SSSR count). The van der Waals surface area contributed by atoms with Gasteiger partial charge in [0.05, 0.1) is 13.2 Å². The lowest BCUT2D eigenvalue weighted by Crippen LogP contribution is -2.22. The Morgan fingerprint density at radius 1 is 1.17 bits per heavy atom. The minimum absolute atomic E-state index is 0.123. The first kappa shape index (κ1) is 16.6. The van der Waals surface area contributed by atoms with Crippen LogP contribution in [-0.2, 0) is 6.54 Å². The largest absolute Gasteiger partial charge is 0.493 e. The average Bonchev–Trinajstić information content (AvgIpc) is 3.00. The van der Waals surface area contributed by atoms with E-state index in [0.29, 0.717) is 29.6 Å². The summed E-state index contributed by atoms with van der Waals surface area (Å²) in [5.74, 6) is -0.0314. The number of carbonyl (C=O) groups is 2. The zero-order valence-corrected chi connectivity index (χ0v) is 13.0. The molecule has 122 valence electrons. The van der Waals surface area contributed by atoms with E-state index in [0.717, 1.165) is 0 Å². The number of ether oxygens (including phenoxy) is 1. The molecule has 0 saturated carbocycles. The van der Waals surface area contributed by atoms with Crippen molar-refractivity contribution >= 4 is 11.9 Å². The highest BCUT2D eigenvalue weighted by Crippen LogP contribution is 2.14. The van der Waals surface area contributed by atoms with Crippen LogP contribution in [0.15, 0.2) is 40.8 Å². The van der Waals surface area contributed by atoms with Crippen molar-refractivity contribution in [2.45, 2.75) is 20.4 Å². The molecule has 1 heterocycles. The van der Waals surface area contributed by atoms with Gasteiger partial charge in [-0.15, -0.1) is 0 Å². The zero-order chi connectivity index (χ0) is 16.8. The summed E-state index contributed by atoms with van der Waals surface area (Å²) in [6.45, 7) is 4.87. The number of carbonyl (C=O) groups excluding carboxylic acids is 1. The van der Waals surface area contributed by atoms with Gasteiger partial charge in [0, 0.05) is 5.56 Å². The molecule has 0 aliphatic carbocycles. The summed E-state index contributed by atoms with van der Waals surface area (Å²) in [5, 5.41) is 11.4. The molecule has 6 heteroatoms. The molecule has 23 heavy (non-hydrogen) atoms. The highest BCUT2D eigenvalue weighted by atomic mass is 16.5. The van der Waals surface area contributed by atoms with E-state index < -0.39 is 5.97 Å². The molecule has 0 saturated heterocycles. The number of hydrogen-bond donors (Lipinski definition) is 2. The molecule has 0 bridgehead atoms. The highest BCUT2D eigenvalue weighted by molar-refractivity contribution is 5.94. The van der Waals surface area contributed by atoms with Crippen LogP contribution in [0, 0.1) is 5.92 Å². The van der Waals surface area contributed by atoms with Crippen LogP contribution in [0.2, 0.25) is 0 Å². The number of amides is 1. The number of benzene rings is 1. The molecular weight excluding hydrogens is 298 g/mol. The Kier molecular flexibility index (Phi) is 5.41. The van der Waals surface area contributed by atoms with Gasteiger partial charge in [-0.05, 0) is 42.3 Å². The van der Waals surface area contributed by atoms with Gasteiger partial charge in [0.25, 0.3) is 5.91 Å². The fourth-order valence-electron chi connectivity index (χ4n) is 1.82. The van der Waals surface area contributed by atoms with Crippen molar-refractivity contribution in [3.8, 4) is 5.75 Å². The Balaban J connectivity index is 1.88. The second kappa shape index (κ2) is 7.49. The van der Waals surface area contributed by atoms with E-state index in [4.69, 9.17) is 14.3 Å². The molecular formula is C17H19NO5. The lowest BCUT2D eigenvalue weighted by Gasteiger charge is -2.09. The fraction of sp³-hybridized carbons (Fsp3) is 0.294. The van der Waals surface area contributed by atoms with Crippen molar-refractivity contribution < 1.29 is 23.8 Å². The molecule has 0 spiro atoms. The standard InChI is InChI=1S/C17H19NO5/c1-11(2)10-22-13-5-3-12(4-6-13)16(19)18-9-14-7-8-15(23-14)17(20)21/h3-8,11H,9-10H2,1-2H3,(H,18,19)(H,20,21). The molecule has 2 aromatic rings. The Morgan fingerprint density at radius 3 is 2.43 bits per heavy atom. The van der Waals surface area contributed by atoms with E-state index in [1.54, 1.807) is 24.3 Å². The molecule has 1 aromatic carbocycles. The van der Waals surface area contributed by atoms with Crippen LogP contribution in [0.4, 0.5) is 0 Å². The molecule has 1 aromatic heterocycles. The summed E-state index contributed by atoms with van der Waals surface area (Å²) < 4.78 is 10.6. The van der Waals surface area contributed by atoms with E-state index in [1.807, 2.05) is 0 Å². The minimum Gasteiger partial charge on any atom is -0.493 e. The van der Waals surface area contributed by atoms with Crippen LogP contribution in [-0.4, -0.2) is 23.6 Å². The predicted octanol–water partition coefficient (Wildman–Crippen LogP) is 2.94. The summed E-state index contributed by atoms with van der Waals surface area (Å²) >= 11 is 0. The molecule has 2 N–H and O–H groups in total. The van der Waals surface area contributed by atoms with Gasteiger partial charge in [0.1, 0.15) is 11.5 Å². The Hall–Kier alpha value is -2.76. The average molecular weight is 317 g/mol. The van der Waals surface area contributed by atoms with Crippen LogP contribution in [0.5, 0.6) is 5.75 Å². The third kappa shape index (κ3) is 4.88. The van der Waals surface area contributed by atoms with Crippen molar-refractivity contribution in [1.82, 2.24) is 5.32 Å². The van der Waals surface area contributed by atoms with Crippen LogP contribution in [0.3, 0.4) is 0 Å².